The topological polar surface area (TPSA) is 88.3 Å². The number of likely N-dealkylation sites (tertiary alicyclic amines) is 1. The van der Waals surface area contributed by atoms with Gasteiger partial charge in [-0.3, -0.25) is 14.6 Å². The summed E-state index contributed by atoms with van der Waals surface area (Å²) in [5, 5.41) is 2.81. The molecule has 1 unspecified atom stereocenters. The summed E-state index contributed by atoms with van der Waals surface area (Å²) in [7, 11) is 0. The highest BCUT2D eigenvalue weighted by Crippen LogP contribution is 2.20. The van der Waals surface area contributed by atoms with E-state index < -0.39 is 0 Å². The summed E-state index contributed by atoms with van der Waals surface area (Å²) in [5.41, 5.74) is 5.39. The third-order valence-electron chi connectivity index (χ3n) is 3.60. The first kappa shape index (κ1) is 19.7. The number of hydrogen-bond donors (Lipinski definition) is 2. The van der Waals surface area contributed by atoms with Crippen molar-refractivity contribution in [2.24, 2.45) is 11.7 Å². The summed E-state index contributed by atoms with van der Waals surface area (Å²) in [6.07, 6.45) is 5.13. The molecule has 2 rings (SSSR count). The molecule has 0 spiro atoms. The SMILES string of the molecule is Cl.NCCNC(=O)C1CCCN(C(=O)CSc2ccncc2)C1. The lowest BCUT2D eigenvalue weighted by molar-refractivity contribution is -0.133. The van der Waals surface area contributed by atoms with E-state index in [9.17, 15) is 9.59 Å². The van der Waals surface area contributed by atoms with E-state index in [0.29, 0.717) is 25.4 Å². The first-order valence-corrected chi connectivity index (χ1v) is 8.47. The average molecular weight is 359 g/mol. The number of carbonyl (C=O) groups excluding carboxylic acids is 2. The van der Waals surface area contributed by atoms with Gasteiger partial charge in [0.25, 0.3) is 0 Å². The number of amides is 2. The molecular formula is C15H23ClN4O2S. The molecular weight excluding hydrogens is 336 g/mol. The summed E-state index contributed by atoms with van der Waals surface area (Å²) < 4.78 is 0. The quantitative estimate of drug-likeness (QED) is 0.738. The minimum absolute atomic E-state index is 0. The zero-order valence-electron chi connectivity index (χ0n) is 12.9. The standard InChI is InChI=1S/C15H22N4O2S.ClH/c16-5-8-18-15(21)12-2-1-9-19(10-12)14(20)11-22-13-3-6-17-7-4-13;/h3-4,6-7,12H,1-2,5,8-11,16H2,(H,18,21);1H. The fourth-order valence-electron chi connectivity index (χ4n) is 2.43. The summed E-state index contributed by atoms with van der Waals surface area (Å²) in [5.74, 6) is 0.360. The van der Waals surface area contributed by atoms with Crippen molar-refractivity contribution in [1.82, 2.24) is 15.2 Å². The van der Waals surface area contributed by atoms with Gasteiger partial charge in [0.1, 0.15) is 0 Å². The number of pyridine rings is 1. The predicted molar refractivity (Wildman–Crippen MR) is 93.6 cm³/mol. The minimum atomic E-state index is -0.116. The number of halogens is 1. The highest BCUT2D eigenvalue weighted by Gasteiger charge is 2.27. The van der Waals surface area contributed by atoms with Crippen LogP contribution in [0.4, 0.5) is 0 Å². The molecule has 2 amide bonds. The van der Waals surface area contributed by atoms with Crippen LogP contribution in [-0.4, -0.2) is 53.6 Å². The number of thioether (sulfide) groups is 1. The monoisotopic (exact) mass is 358 g/mol. The van der Waals surface area contributed by atoms with Crippen LogP contribution in [-0.2, 0) is 9.59 Å². The van der Waals surface area contributed by atoms with Gasteiger partial charge in [-0.15, -0.1) is 24.2 Å². The van der Waals surface area contributed by atoms with Gasteiger partial charge in [-0.25, -0.2) is 0 Å². The van der Waals surface area contributed by atoms with Crippen molar-refractivity contribution in [2.45, 2.75) is 17.7 Å². The molecule has 0 radical (unpaired) electrons. The van der Waals surface area contributed by atoms with Crippen LogP contribution in [0.1, 0.15) is 12.8 Å². The molecule has 1 saturated heterocycles. The number of rotatable bonds is 6. The Labute approximate surface area is 147 Å². The van der Waals surface area contributed by atoms with E-state index in [0.717, 1.165) is 24.3 Å². The highest BCUT2D eigenvalue weighted by molar-refractivity contribution is 8.00. The van der Waals surface area contributed by atoms with Crippen LogP contribution >= 0.6 is 24.2 Å². The number of nitrogens with zero attached hydrogens (tertiary/aromatic N) is 2. The van der Waals surface area contributed by atoms with Crippen LogP contribution in [0.3, 0.4) is 0 Å². The second-order valence-corrected chi connectivity index (χ2v) is 6.28. The zero-order chi connectivity index (χ0) is 15.8. The molecule has 128 valence electrons. The summed E-state index contributed by atoms with van der Waals surface area (Å²) in [6.45, 7) is 2.16. The molecule has 2 heterocycles. The Balaban J connectivity index is 0.00000264. The molecule has 0 aromatic carbocycles. The van der Waals surface area contributed by atoms with Gasteiger partial charge in [0.05, 0.1) is 11.7 Å². The third-order valence-corrected chi connectivity index (χ3v) is 4.60. The smallest absolute Gasteiger partial charge is 0.232 e. The van der Waals surface area contributed by atoms with E-state index in [1.54, 1.807) is 17.3 Å². The maximum Gasteiger partial charge on any atom is 0.232 e. The fraction of sp³-hybridized carbons (Fsp3) is 0.533. The van der Waals surface area contributed by atoms with Gasteiger partial charge in [0.2, 0.25) is 11.8 Å². The Hall–Kier alpha value is -1.31. The molecule has 1 atom stereocenters. The van der Waals surface area contributed by atoms with Gasteiger partial charge in [0.15, 0.2) is 0 Å². The molecule has 6 nitrogen and oxygen atoms in total. The molecule has 23 heavy (non-hydrogen) atoms. The van der Waals surface area contributed by atoms with Crippen molar-refractivity contribution in [3.63, 3.8) is 0 Å². The van der Waals surface area contributed by atoms with E-state index in [1.807, 2.05) is 12.1 Å². The largest absolute Gasteiger partial charge is 0.355 e. The molecule has 0 bridgehead atoms. The van der Waals surface area contributed by atoms with Crippen molar-refractivity contribution in [2.75, 3.05) is 31.9 Å². The normalized spacial score (nSPS) is 17.3. The molecule has 1 aliphatic rings. The molecule has 1 aliphatic heterocycles. The Morgan fingerprint density at radius 1 is 1.39 bits per heavy atom. The third kappa shape index (κ3) is 6.37. The van der Waals surface area contributed by atoms with Crippen molar-refractivity contribution >= 4 is 36.0 Å². The molecule has 8 heteroatoms. The van der Waals surface area contributed by atoms with Crippen molar-refractivity contribution in [3.05, 3.63) is 24.5 Å². The van der Waals surface area contributed by atoms with Crippen LogP contribution in [0.15, 0.2) is 29.4 Å². The summed E-state index contributed by atoms with van der Waals surface area (Å²) in [6, 6.07) is 3.77. The van der Waals surface area contributed by atoms with E-state index in [4.69, 9.17) is 5.73 Å². The Morgan fingerprint density at radius 3 is 2.83 bits per heavy atom. The van der Waals surface area contributed by atoms with E-state index in [1.165, 1.54) is 11.8 Å². The number of aromatic nitrogens is 1. The lowest BCUT2D eigenvalue weighted by atomic mass is 9.97. The van der Waals surface area contributed by atoms with Crippen LogP contribution in [0.2, 0.25) is 0 Å². The minimum Gasteiger partial charge on any atom is -0.355 e. The van der Waals surface area contributed by atoms with E-state index in [-0.39, 0.29) is 30.1 Å². The number of carbonyl (C=O) groups is 2. The van der Waals surface area contributed by atoms with Gasteiger partial charge in [-0.05, 0) is 25.0 Å². The second kappa shape index (κ2) is 10.5. The Kier molecular flexibility index (Phi) is 8.98. The molecule has 1 fully saturated rings. The number of piperidine rings is 1. The molecule has 0 aliphatic carbocycles. The molecule has 1 aromatic heterocycles. The van der Waals surface area contributed by atoms with Crippen LogP contribution in [0, 0.1) is 5.92 Å². The summed E-state index contributed by atoms with van der Waals surface area (Å²) >= 11 is 1.50. The van der Waals surface area contributed by atoms with Gasteiger partial charge < -0.3 is 16.0 Å². The lowest BCUT2D eigenvalue weighted by Crippen LogP contribution is -2.46. The first-order chi connectivity index (χ1) is 10.7. The maximum atomic E-state index is 12.3. The van der Waals surface area contributed by atoms with Crippen molar-refractivity contribution < 1.29 is 9.59 Å². The molecule has 0 saturated carbocycles. The molecule has 3 N–H and O–H groups in total. The highest BCUT2D eigenvalue weighted by atomic mass is 35.5. The van der Waals surface area contributed by atoms with Gasteiger partial charge in [0, 0.05) is 43.5 Å². The summed E-state index contributed by atoms with van der Waals surface area (Å²) in [4.78, 5) is 31.1. The fourth-order valence-corrected chi connectivity index (χ4v) is 3.22. The predicted octanol–water partition coefficient (Wildman–Crippen LogP) is 0.909. The van der Waals surface area contributed by atoms with Crippen molar-refractivity contribution in [1.29, 1.82) is 0 Å². The van der Waals surface area contributed by atoms with Gasteiger partial charge in [-0.2, -0.15) is 0 Å². The second-order valence-electron chi connectivity index (χ2n) is 5.23. The zero-order valence-corrected chi connectivity index (χ0v) is 14.6. The van der Waals surface area contributed by atoms with Crippen molar-refractivity contribution in [3.8, 4) is 0 Å². The van der Waals surface area contributed by atoms with E-state index in [2.05, 4.69) is 10.3 Å². The van der Waals surface area contributed by atoms with Crippen LogP contribution in [0.25, 0.3) is 0 Å². The van der Waals surface area contributed by atoms with E-state index >= 15 is 0 Å². The average Bonchev–Trinajstić information content (AvgIpc) is 2.58. The molecule has 1 aromatic rings. The number of nitrogens with two attached hydrogens (primary N) is 1. The number of nitrogens with one attached hydrogen (secondary N) is 1. The van der Waals surface area contributed by atoms with Crippen LogP contribution in [0.5, 0.6) is 0 Å². The Morgan fingerprint density at radius 2 is 2.13 bits per heavy atom. The van der Waals surface area contributed by atoms with Crippen LogP contribution < -0.4 is 11.1 Å². The Bertz CT molecular complexity index is 504. The maximum absolute atomic E-state index is 12.3. The first-order valence-electron chi connectivity index (χ1n) is 7.49. The number of hydrogen-bond acceptors (Lipinski definition) is 5. The lowest BCUT2D eigenvalue weighted by Gasteiger charge is -2.32. The van der Waals surface area contributed by atoms with Gasteiger partial charge >= 0.3 is 0 Å². The van der Waals surface area contributed by atoms with Gasteiger partial charge in [-0.1, -0.05) is 0 Å².